The fourth-order valence-electron chi connectivity index (χ4n) is 1.21. The van der Waals surface area contributed by atoms with Gasteiger partial charge in [-0.2, -0.15) is 0 Å². The summed E-state index contributed by atoms with van der Waals surface area (Å²) in [5.74, 6) is -1.72. The Hall–Kier alpha value is -1.16. The van der Waals surface area contributed by atoms with E-state index < -0.39 is 11.6 Å². The van der Waals surface area contributed by atoms with Crippen LogP contribution in [0.25, 0.3) is 0 Å². The summed E-state index contributed by atoms with van der Waals surface area (Å²) in [6, 6.07) is 3.68. The maximum absolute atomic E-state index is 12.9. The molecule has 16 heavy (non-hydrogen) atoms. The van der Waals surface area contributed by atoms with Crippen LogP contribution in [0.2, 0.25) is 0 Å². The Balaban J connectivity index is 2.64. The second-order valence-electron chi connectivity index (χ2n) is 4.30. The van der Waals surface area contributed by atoms with Crippen LogP contribution in [0.4, 0.5) is 14.5 Å². The minimum absolute atomic E-state index is 0.0557. The molecule has 1 atom stereocenters. The highest BCUT2D eigenvalue weighted by Gasteiger charge is 2.20. The number of hydrogen-bond donors (Lipinski definition) is 2. The van der Waals surface area contributed by atoms with E-state index >= 15 is 0 Å². The van der Waals surface area contributed by atoms with Gasteiger partial charge in [0, 0.05) is 17.6 Å². The van der Waals surface area contributed by atoms with Crippen LogP contribution in [0, 0.1) is 17.0 Å². The van der Waals surface area contributed by atoms with Crippen molar-refractivity contribution in [2.75, 3.05) is 18.5 Å². The number of aliphatic hydroxyl groups is 1. The van der Waals surface area contributed by atoms with E-state index in [1.54, 1.807) is 0 Å². The molecule has 0 aliphatic heterocycles. The molecule has 2 nitrogen and oxygen atoms in total. The third-order valence-electron chi connectivity index (χ3n) is 2.87. The molecule has 1 aromatic rings. The fraction of sp³-hybridized carbons (Fsp3) is 0.500. The van der Waals surface area contributed by atoms with Crippen LogP contribution in [0.1, 0.15) is 20.3 Å². The van der Waals surface area contributed by atoms with E-state index in [1.165, 1.54) is 6.07 Å². The normalized spacial score (nSPS) is 14.6. The van der Waals surface area contributed by atoms with Crippen LogP contribution < -0.4 is 5.32 Å². The van der Waals surface area contributed by atoms with Crippen LogP contribution in [0.3, 0.4) is 0 Å². The highest BCUT2D eigenvalue weighted by atomic mass is 19.2. The molecule has 0 radical (unpaired) electrons. The van der Waals surface area contributed by atoms with Gasteiger partial charge in [0.2, 0.25) is 0 Å². The lowest BCUT2D eigenvalue weighted by Gasteiger charge is -2.26. The predicted octanol–water partition coefficient (Wildman–Crippen LogP) is 2.79. The van der Waals surface area contributed by atoms with Gasteiger partial charge in [0.25, 0.3) is 0 Å². The van der Waals surface area contributed by atoms with Crippen molar-refractivity contribution in [2.24, 2.45) is 5.41 Å². The van der Waals surface area contributed by atoms with E-state index in [2.05, 4.69) is 5.32 Å². The zero-order valence-corrected chi connectivity index (χ0v) is 9.56. The molecule has 0 saturated heterocycles. The molecule has 0 amide bonds. The molecule has 2 N–H and O–H groups in total. The average molecular weight is 229 g/mol. The van der Waals surface area contributed by atoms with Gasteiger partial charge in [-0.05, 0) is 24.6 Å². The molecule has 0 saturated carbocycles. The lowest BCUT2D eigenvalue weighted by atomic mass is 9.88. The first kappa shape index (κ1) is 12.9. The summed E-state index contributed by atoms with van der Waals surface area (Å²) < 4.78 is 25.6. The molecule has 0 heterocycles. The molecule has 0 bridgehead atoms. The Morgan fingerprint density at radius 1 is 1.31 bits per heavy atom. The van der Waals surface area contributed by atoms with E-state index in [4.69, 9.17) is 0 Å². The summed E-state index contributed by atoms with van der Waals surface area (Å²) in [5.41, 5.74) is 0.275. The maximum Gasteiger partial charge on any atom is 0.160 e. The first-order valence-corrected chi connectivity index (χ1v) is 5.30. The van der Waals surface area contributed by atoms with Crippen LogP contribution >= 0.6 is 0 Å². The molecule has 1 aromatic carbocycles. The lowest BCUT2D eigenvalue weighted by Crippen LogP contribution is -2.29. The molecule has 0 aliphatic carbocycles. The number of aliphatic hydroxyl groups excluding tert-OH is 1. The Bertz CT molecular complexity index is 351. The maximum atomic E-state index is 12.9. The molecule has 4 heteroatoms. The molecular weight excluding hydrogens is 212 g/mol. The summed E-state index contributed by atoms with van der Waals surface area (Å²) in [4.78, 5) is 0. The van der Waals surface area contributed by atoms with Gasteiger partial charge < -0.3 is 10.4 Å². The van der Waals surface area contributed by atoms with Crippen molar-refractivity contribution in [3.63, 3.8) is 0 Å². The van der Waals surface area contributed by atoms with Crippen LogP contribution in [0.15, 0.2) is 18.2 Å². The monoisotopic (exact) mass is 229 g/mol. The highest BCUT2D eigenvalue weighted by Crippen LogP contribution is 2.21. The van der Waals surface area contributed by atoms with Gasteiger partial charge in [-0.15, -0.1) is 0 Å². The third-order valence-corrected chi connectivity index (χ3v) is 2.87. The number of halogens is 2. The zero-order chi connectivity index (χ0) is 12.2. The van der Waals surface area contributed by atoms with Gasteiger partial charge >= 0.3 is 0 Å². The van der Waals surface area contributed by atoms with Gasteiger partial charge in [-0.3, -0.25) is 0 Å². The molecule has 0 aromatic heterocycles. The Morgan fingerprint density at radius 2 is 2.00 bits per heavy atom. The molecular formula is C12H17F2NO. The van der Waals surface area contributed by atoms with Crippen molar-refractivity contribution < 1.29 is 13.9 Å². The van der Waals surface area contributed by atoms with Crippen LogP contribution in [-0.2, 0) is 0 Å². The summed E-state index contributed by atoms with van der Waals surface area (Å²) in [7, 11) is 0. The summed E-state index contributed by atoms with van der Waals surface area (Å²) in [6.45, 7) is 4.48. The zero-order valence-electron chi connectivity index (χ0n) is 9.56. The minimum atomic E-state index is -0.868. The van der Waals surface area contributed by atoms with Crippen molar-refractivity contribution in [3.05, 3.63) is 29.8 Å². The quantitative estimate of drug-likeness (QED) is 0.813. The van der Waals surface area contributed by atoms with E-state index in [0.717, 1.165) is 18.6 Å². The highest BCUT2D eigenvalue weighted by molar-refractivity contribution is 5.43. The van der Waals surface area contributed by atoms with Crippen molar-refractivity contribution in [2.45, 2.75) is 20.3 Å². The van der Waals surface area contributed by atoms with Crippen molar-refractivity contribution in [1.82, 2.24) is 0 Å². The molecule has 0 fully saturated rings. The van der Waals surface area contributed by atoms with Crippen LogP contribution in [-0.4, -0.2) is 18.3 Å². The Morgan fingerprint density at radius 3 is 2.50 bits per heavy atom. The first-order valence-electron chi connectivity index (χ1n) is 5.30. The standard InChI is InChI=1S/C12H17F2NO/c1-3-12(2,8-16)7-15-9-4-5-10(13)11(14)6-9/h4-6,15-16H,3,7-8H2,1-2H3. The van der Waals surface area contributed by atoms with E-state index in [9.17, 15) is 13.9 Å². The number of anilines is 1. The number of benzene rings is 1. The smallest absolute Gasteiger partial charge is 0.160 e. The molecule has 1 rings (SSSR count). The van der Waals surface area contributed by atoms with E-state index in [-0.39, 0.29) is 12.0 Å². The minimum Gasteiger partial charge on any atom is -0.396 e. The number of rotatable bonds is 5. The Labute approximate surface area is 94.3 Å². The molecule has 0 aliphatic rings. The van der Waals surface area contributed by atoms with E-state index in [0.29, 0.717) is 12.2 Å². The van der Waals surface area contributed by atoms with Crippen molar-refractivity contribution in [1.29, 1.82) is 0 Å². The van der Waals surface area contributed by atoms with Gasteiger partial charge in [-0.25, -0.2) is 8.78 Å². The number of nitrogens with one attached hydrogen (secondary N) is 1. The predicted molar refractivity (Wildman–Crippen MR) is 60.3 cm³/mol. The topological polar surface area (TPSA) is 32.3 Å². The molecule has 1 unspecified atom stereocenters. The summed E-state index contributed by atoms with van der Waals surface area (Å²) >= 11 is 0. The SMILES string of the molecule is CCC(C)(CO)CNc1ccc(F)c(F)c1. The molecule has 90 valence electrons. The third kappa shape index (κ3) is 3.17. The average Bonchev–Trinajstić information content (AvgIpc) is 2.30. The molecule has 0 spiro atoms. The first-order chi connectivity index (χ1) is 7.50. The van der Waals surface area contributed by atoms with Gasteiger partial charge in [0.15, 0.2) is 11.6 Å². The Kier molecular flexibility index (Phi) is 4.24. The van der Waals surface area contributed by atoms with Gasteiger partial charge in [0.1, 0.15) is 0 Å². The van der Waals surface area contributed by atoms with Crippen LogP contribution in [0.5, 0.6) is 0 Å². The largest absolute Gasteiger partial charge is 0.396 e. The summed E-state index contributed by atoms with van der Waals surface area (Å²) in [5, 5.41) is 12.2. The fourth-order valence-corrected chi connectivity index (χ4v) is 1.21. The lowest BCUT2D eigenvalue weighted by molar-refractivity contribution is 0.149. The van der Waals surface area contributed by atoms with Crippen molar-refractivity contribution >= 4 is 5.69 Å². The van der Waals surface area contributed by atoms with Gasteiger partial charge in [-0.1, -0.05) is 13.8 Å². The van der Waals surface area contributed by atoms with E-state index in [1.807, 2.05) is 13.8 Å². The second kappa shape index (κ2) is 5.25. The second-order valence-corrected chi connectivity index (χ2v) is 4.30. The van der Waals surface area contributed by atoms with Crippen molar-refractivity contribution in [3.8, 4) is 0 Å². The number of hydrogen-bond acceptors (Lipinski definition) is 2. The summed E-state index contributed by atoms with van der Waals surface area (Å²) in [6.07, 6.45) is 0.806. The van der Waals surface area contributed by atoms with Gasteiger partial charge in [0.05, 0.1) is 6.61 Å².